The molecule has 0 unspecified atom stereocenters. The number of carbonyl (C=O) groups is 1. The molecule has 0 saturated carbocycles. The normalized spacial score (nSPS) is 15.3. The third-order valence-electron chi connectivity index (χ3n) is 5.50. The van der Waals surface area contributed by atoms with E-state index in [4.69, 9.17) is 0 Å². The number of thiophene rings is 1. The first-order chi connectivity index (χ1) is 14.8. The van der Waals surface area contributed by atoms with E-state index in [2.05, 4.69) is 55.6 Å². The predicted octanol–water partition coefficient (Wildman–Crippen LogP) is 3.47. The van der Waals surface area contributed by atoms with Crippen LogP contribution in [0, 0.1) is 0 Å². The number of carbonyl (C=O) groups excluding carboxylic acids is 1. The molecule has 3 aromatic rings. The van der Waals surface area contributed by atoms with E-state index in [0.29, 0.717) is 12.2 Å². The van der Waals surface area contributed by atoms with E-state index >= 15 is 0 Å². The van der Waals surface area contributed by atoms with Gasteiger partial charge in [-0.1, -0.05) is 36.4 Å². The van der Waals surface area contributed by atoms with Crippen molar-refractivity contribution in [1.29, 1.82) is 0 Å². The highest BCUT2D eigenvalue weighted by molar-refractivity contribution is 7.13. The second-order valence-corrected chi connectivity index (χ2v) is 8.66. The van der Waals surface area contributed by atoms with E-state index in [0.717, 1.165) is 62.7 Å². The zero-order valence-corrected chi connectivity index (χ0v) is 18.0. The summed E-state index contributed by atoms with van der Waals surface area (Å²) in [6, 6.07) is 16.5. The first-order valence-corrected chi connectivity index (χ1v) is 11.5. The molecule has 1 aliphatic rings. The zero-order valence-electron chi connectivity index (χ0n) is 17.2. The molecule has 0 bridgehead atoms. The monoisotopic (exact) mass is 423 g/mol. The van der Waals surface area contributed by atoms with E-state index < -0.39 is 0 Å². The zero-order chi connectivity index (χ0) is 20.6. The van der Waals surface area contributed by atoms with Crippen LogP contribution in [0.2, 0.25) is 0 Å². The number of benzene rings is 1. The molecule has 2 N–H and O–H groups in total. The number of aromatic nitrogens is 2. The molecule has 7 heteroatoms. The van der Waals surface area contributed by atoms with Gasteiger partial charge in [-0.05, 0) is 42.5 Å². The number of amides is 1. The van der Waals surface area contributed by atoms with Crippen LogP contribution in [0.1, 0.15) is 28.9 Å². The fraction of sp³-hybridized carbons (Fsp3) is 0.391. The van der Waals surface area contributed by atoms with Crippen molar-refractivity contribution in [2.45, 2.75) is 19.4 Å². The van der Waals surface area contributed by atoms with E-state index in [1.165, 1.54) is 5.56 Å². The van der Waals surface area contributed by atoms with Crippen molar-refractivity contribution in [2.75, 3.05) is 39.3 Å². The van der Waals surface area contributed by atoms with E-state index in [1.54, 1.807) is 11.3 Å². The smallest absolute Gasteiger partial charge is 0.271 e. The summed E-state index contributed by atoms with van der Waals surface area (Å²) in [5.41, 5.74) is 2.73. The van der Waals surface area contributed by atoms with Gasteiger partial charge in [0.1, 0.15) is 0 Å². The van der Waals surface area contributed by atoms with Crippen molar-refractivity contribution in [3.63, 3.8) is 0 Å². The van der Waals surface area contributed by atoms with Crippen LogP contribution >= 0.6 is 11.3 Å². The van der Waals surface area contributed by atoms with Crippen molar-refractivity contribution < 1.29 is 4.79 Å². The molecule has 1 saturated heterocycles. The van der Waals surface area contributed by atoms with Crippen molar-refractivity contribution in [1.82, 2.24) is 25.3 Å². The number of hydrogen-bond donors (Lipinski definition) is 2. The van der Waals surface area contributed by atoms with Gasteiger partial charge >= 0.3 is 0 Å². The number of nitrogens with zero attached hydrogens (tertiary/aromatic N) is 3. The Morgan fingerprint density at radius 1 is 1.03 bits per heavy atom. The predicted molar refractivity (Wildman–Crippen MR) is 122 cm³/mol. The largest absolute Gasteiger partial charge is 0.351 e. The number of hydrogen-bond acceptors (Lipinski definition) is 5. The van der Waals surface area contributed by atoms with Crippen LogP contribution in [0.5, 0.6) is 0 Å². The summed E-state index contributed by atoms with van der Waals surface area (Å²) < 4.78 is 0. The molecule has 0 aliphatic carbocycles. The van der Waals surface area contributed by atoms with E-state index in [-0.39, 0.29) is 5.91 Å². The SMILES string of the molecule is O=C(NCCCCN1CCN(Cc2ccccc2)CC1)c1cc(-c2cccs2)[nH]n1. The molecule has 0 spiro atoms. The number of unbranched alkanes of at least 4 members (excludes halogenated alkanes) is 1. The van der Waals surface area contributed by atoms with Gasteiger partial charge in [0.15, 0.2) is 5.69 Å². The second kappa shape index (κ2) is 10.5. The Hall–Kier alpha value is -2.48. The first-order valence-electron chi connectivity index (χ1n) is 10.6. The molecule has 3 heterocycles. The van der Waals surface area contributed by atoms with Crippen molar-refractivity contribution in [2.24, 2.45) is 0 Å². The number of nitrogens with one attached hydrogen (secondary N) is 2. The summed E-state index contributed by atoms with van der Waals surface area (Å²) in [5, 5.41) is 12.1. The van der Waals surface area contributed by atoms with Gasteiger partial charge in [-0.3, -0.25) is 14.8 Å². The lowest BCUT2D eigenvalue weighted by Gasteiger charge is -2.34. The van der Waals surface area contributed by atoms with Crippen molar-refractivity contribution >= 4 is 17.2 Å². The molecular weight excluding hydrogens is 394 g/mol. The average molecular weight is 424 g/mol. The fourth-order valence-corrected chi connectivity index (χ4v) is 4.45. The Morgan fingerprint density at radius 3 is 2.60 bits per heavy atom. The van der Waals surface area contributed by atoms with Crippen LogP contribution < -0.4 is 5.32 Å². The van der Waals surface area contributed by atoms with Crippen LogP contribution in [-0.2, 0) is 6.54 Å². The molecule has 1 fully saturated rings. The summed E-state index contributed by atoms with van der Waals surface area (Å²) in [4.78, 5) is 18.4. The Labute approximate surface area is 181 Å². The Kier molecular flexibility index (Phi) is 7.29. The van der Waals surface area contributed by atoms with Crippen LogP contribution in [0.3, 0.4) is 0 Å². The molecule has 1 amide bonds. The summed E-state index contributed by atoms with van der Waals surface area (Å²) in [7, 11) is 0. The average Bonchev–Trinajstić information content (AvgIpc) is 3.47. The molecule has 0 atom stereocenters. The number of aromatic amines is 1. The van der Waals surface area contributed by atoms with Gasteiger partial charge in [-0.25, -0.2) is 0 Å². The molecule has 1 aliphatic heterocycles. The molecule has 30 heavy (non-hydrogen) atoms. The van der Waals surface area contributed by atoms with Crippen molar-refractivity contribution in [3.05, 3.63) is 65.2 Å². The first kappa shape index (κ1) is 20.8. The molecule has 0 radical (unpaired) electrons. The summed E-state index contributed by atoms with van der Waals surface area (Å²) in [5.74, 6) is -0.108. The van der Waals surface area contributed by atoms with Gasteiger partial charge in [-0.15, -0.1) is 11.3 Å². The fourth-order valence-electron chi connectivity index (χ4n) is 3.76. The highest BCUT2D eigenvalue weighted by Gasteiger charge is 2.16. The van der Waals surface area contributed by atoms with Gasteiger partial charge in [-0.2, -0.15) is 5.10 Å². The van der Waals surface area contributed by atoms with Gasteiger partial charge < -0.3 is 10.2 Å². The van der Waals surface area contributed by atoms with Crippen LogP contribution in [0.25, 0.3) is 10.6 Å². The second-order valence-electron chi connectivity index (χ2n) is 7.71. The van der Waals surface area contributed by atoms with Gasteiger partial charge in [0.05, 0.1) is 10.6 Å². The minimum atomic E-state index is -0.108. The molecular formula is C23H29N5OS. The third-order valence-corrected chi connectivity index (χ3v) is 6.40. The lowest BCUT2D eigenvalue weighted by molar-refractivity contribution is 0.0946. The van der Waals surface area contributed by atoms with E-state index in [9.17, 15) is 4.79 Å². The van der Waals surface area contributed by atoms with Crippen LogP contribution in [0.4, 0.5) is 0 Å². The topological polar surface area (TPSA) is 64.3 Å². The maximum Gasteiger partial charge on any atom is 0.271 e. The summed E-state index contributed by atoms with van der Waals surface area (Å²) in [6.45, 7) is 7.32. The summed E-state index contributed by atoms with van der Waals surface area (Å²) in [6.07, 6.45) is 2.08. The maximum atomic E-state index is 12.3. The lowest BCUT2D eigenvalue weighted by Crippen LogP contribution is -2.46. The third kappa shape index (κ3) is 5.78. The molecule has 6 nitrogen and oxygen atoms in total. The number of rotatable bonds is 9. The summed E-state index contributed by atoms with van der Waals surface area (Å²) >= 11 is 1.63. The Morgan fingerprint density at radius 2 is 1.83 bits per heavy atom. The lowest BCUT2D eigenvalue weighted by atomic mass is 10.2. The maximum absolute atomic E-state index is 12.3. The number of piperazine rings is 1. The van der Waals surface area contributed by atoms with Gasteiger partial charge in [0.25, 0.3) is 5.91 Å². The van der Waals surface area contributed by atoms with Crippen LogP contribution in [-0.4, -0.2) is 65.2 Å². The minimum absolute atomic E-state index is 0.108. The standard InChI is InChI=1S/C23H29N5OS/c29-23(21-17-20(25-26-21)22-9-6-16-30-22)24-10-4-5-11-27-12-14-28(15-13-27)18-19-7-2-1-3-8-19/h1-3,6-9,16-17H,4-5,10-15,18H2,(H,24,29)(H,25,26). The quantitative estimate of drug-likeness (QED) is 0.518. The highest BCUT2D eigenvalue weighted by atomic mass is 32.1. The Bertz CT molecular complexity index is 901. The molecule has 4 rings (SSSR count). The Balaban J connectivity index is 1.09. The highest BCUT2D eigenvalue weighted by Crippen LogP contribution is 2.22. The minimum Gasteiger partial charge on any atom is -0.351 e. The number of H-pyrrole nitrogens is 1. The van der Waals surface area contributed by atoms with Crippen molar-refractivity contribution in [3.8, 4) is 10.6 Å². The van der Waals surface area contributed by atoms with Crippen LogP contribution in [0.15, 0.2) is 53.9 Å². The van der Waals surface area contributed by atoms with E-state index in [1.807, 2.05) is 23.6 Å². The molecule has 2 aromatic heterocycles. The molecule has 158 valence electrons. The van der Waals surface area contributed by atoms with Gasteiger partial charge in [0, 0.05) is 39.3 Å². The van der Waals surface area contributed by atoms with Gasteiger partial charge in [0.2, 0.25) is 0 Å². The molecule has 1 aromatic carbocycles.